The third-order valence-electron chi connectivity index (χ3n) is 3.54. The molecule has 1 saturated heterocycles. The highest BCUT2D eigenvalue weighted by Crippen LogP contribution is 2.15. The molecular formula is C14H17ClN2O2. The minimum absolute atomic E-state index is 0.0222. The number of hydrogen-bond donors (Lipinski definition) is 0. The van der Waals surface area contributed by atoms with Crippen LogP contribution in [0.4, 0.5) is 0 Å². The monoisotopic (exact) mass is 280 g/mol. The molecule has 0 radical (unpaired) electrons. The average molecular weight is 281 g/mol. The number of halogens is 1. The van der Waals surface area contributed by atoms with Crippen LogP contribution >= 0.6 is 11.6 Å². The molecule has 102 valence electrons. The molecule has 19 heavy (non-hydrogen) atoms. The van der Waals surface area contributed by atoms with Crippen LogP contribution in [0.3, 0.4) is 0 Å². The number of piperazine rings is 1. The molecule has 5 heteroatoms. The van der Waals surface area contributed by atoms with Gasteiger partial charge >= 0.3 is 0 Å². The first-order valence-corrected chi connectivity index (χ1v) is 6.64. The maximum atomic E-state index is 12.3. The van der Waals surface area contributed by atoms with Crippen molar-refractivity contribution >= 4 is 23.3 Å². The predicted octanol–water partition coefficient (Wildman–Crippen LogP) is 1.69. The number of Topliss-reactive ketones (excluding diaryl/α,β-unsaturated/α-hetero) is 1. The Morgan fingerprint density at radius 2 is 1.89 bits per heavy atom. The highest BCUT2D eigenvalue weighted by molar-refractivity contribution is 6.30. The quantitative estimate of drug-likeness (QED) is 0.791. The van der Waals surface area contributed by atoms with Crippen LogP contribution in [0, 0.1) is 0 Å². The Kier molecular flexibility index (Phi) is 4.22. The summed E-state index contributed by atoms with van der Waals surface area (Å²) in [6.45, 7) is 3.53. The van der Waals surface area contributed by atoms with E-state index in [9.17, 15) is 9.59 Å². The first kappa shape index (κ1) is 14.0. The number of carbonyl (C=O) groups excluding carboxylic acids is 2. The minimum atomic E-state index is -0.293. The predicted molar refractivity (Wildman–Crippen MR) is 74.5 cm³/mol. The Labute approximate surface area is 117 Å². The maximum Gasteiger partial charge on any atom is 0.236 e. The molecule has 0 aromatic heterocycles. The van der Waals surface area contributed by atoms with Crippen molar-refractivity contribution in [3.63, 3.8) is 0 Å². The Hall–Kier alpha value is -1.39. The lowest BCUT2D eigenvalue weighted by atomic mass is 10.0. The van der Waals surface area contributed by atoms with E-state index in [0.29, 0.717) is 23.7 Å². The van der Waals surface area contributed by atoms with Crippen molar-refractivity contribution in [2.45, 2.75) is 13.0 Å². The number of rotatable bonds is 3. The second kappa shape index (κ2) is 5.72. The van der Waals surface area contributed by atoms with Crippen molar-refractivity contribution in [1.29, 1.82) is 0 Å². The number of amides is 1. The summed E-state index contributed by atoms with van der Waals surface area (Å²) in [7, 11) is 1.78. The SMILES string of the molecule is CC(C(=O)c1ccc(Cl)cc1)N1CCN(C)C(=O)C1. The molecule has 2 rings (SSSR count). The number of ketones is 1. The molecular weight excluding hydrogens is 264 g/mol. The van der Waals surface area contributed by atoms with Crippen molar-refractivity contribution in [3.8, 4) is 0 Å². The van der Waals surface area contributed by atoms with Gasteiger partial charge in [-0.2, -0.15) is 0 Å². The van der Waals surface area contributed by atoms with Crippen molar-refractivity contribution in [2.24, 2.45) is 0 Å². The van der Waals surface area contributed by atoms with Crippen molar-refractivity contribution in [3.05, 3.63) is 34.9 Å². The molecule has 0 spiro atoms. The standard InChI is InChI=1S/C14H17ClN2O2/c1-10(17-8-7-16(2)13(18)9-17)14(19)11-3-5-12(15)6-4-11/h3-6,10H,7-9H2,1-2H3. The molecule has 1 unspecified atom stereocenters. The second-order valence-corrected chi connectivity index (χ2v) is 5.27. The summed E-state index contributed by atoms with van der Waals surface area (Å²) in [5.41, 5.74) is 0.628. The van der Waals surface area contributed by atoms with Gasteiger partial charge in [-0.25, -0.2) is 0 Å². The Balaban J connectivity index is 2.07. The normalized spacial score (nSPS) is 18.5. The lowest BCUT2D eigenvalue weighted by molar-refractivity contribution is -0.134. The molecule has 1 aromatic carbocycles. The molecule has 1 aromatic rings. The zero-order valence-corrected chi connectivity index (χ0v) is 11.9. The molecule has 1 atom stereocenters. The van der Waals surface area contributed by atoms with Crippen LogP contribution in [0.2, 0.25) is 5.02 Å². The molecule has 0 N–H and O–H groups in total. The fourth-order valence-electron chi connectivity index (χ4n) is 2.13. The lowest BCUT2D eigenvalue weighted by Gasteiger charge is -2.35. The summed E-state index contributed by atoms with van der Waals surface area (Å²) < 4.78 is 0. The summed E-state index contributed by atoms with van der Waals surface area (Å²) in [5, 5.41) is 0.610. The average Bonchev–Trinajstić information content (AvgIpc) is 2.41. The smallest absolute Gasteiger partial charge is 0.236 e. The minimum Gasteiger partial charge on any atom is -0.343 e. The summed E-state index contributed by atoms with van der Waals surface area (Å²) >= 11 is 5.81. The van der Waals surface area contributed by atoms with Crippen LogP contribution in [0.1, 0.15) is 17.3 Å². The summed E-state index contributed by atoms with van der Waals surface area (Å²) in [4.78, 5) is 27.6. The fraction of sp³-hybridized carbons (Fsp3) is 0.429. The van der Waals surface area contributed by atoms with Crippen LogP contribution in [-0.4, -0.2) is 54.2 Å². The van der Waals surface area contributed by atoms with Gasteiger partial charge in [0.15, 0.2) is 5.78 Å². The van der Waals surface area contributed by atoms with Crippen molar-refractivity contribution in [2.75, 3.05) is 26.7 Å². The van der Waals surface area contributed by atoms with Crippen LogP contribution in [0.25, 0.3) is 0 Å². The van der Waals surface area contributed by atoms with Gasteiger partial charge in [0.25, 0.3) is 0 Å². The topological polar surface area (TPSA) is 40.6 Å². The number of hydrogen-bond acceptors (Lipinski definition) is 3. The van der Waals surface area contributed by atoms with Crippen LogP contribution in [0.5, 0.6) is 0 Å². The van der Waals surface area contributed by atoms with Gasteiger partial charge in [0, 0.05) is 30.7 Å². The van der Waals surface area contributed by atoms with Gasteiger partial charge in [-0.3, -0.25) is 14.5 Å². The Bertz CT molecular complexity index is 487. The third kappa shape index (κ3) is 3.14. The largest absolute Gasteiger partial charge is 0.343 e. The van der Waals surface area contributed by atoms with Crippen molar-refractivity contribution in [1.82, 2.24) is 9.80 Å². The van der Waals surface area contributed by atoms with E-state index in [2.05, 4.69) is 0 Å². The molecule has 0 saturated carbocycles. The van der Waals surface area contributed by atoms with Gasteiger partial charge in [0.2, 0.25) is 5.91 Å². The number of benzene rings is 1. The highest BCUT2D eigenvalue weighted by Gasteiger charge is 2.28. The molecule has 1 heterocycles. The second-order valence-electron chi connectivity index (χ2n) is 4.83. The van der Waals surface area contributed by atoms with Crippen LogP contribution in [0.15, 0.2) is 24.3 Å². The summed E-state index contributed by atoms with van der Waals surface area (Å²) in [5.74, 6) is 0.0797. The van der Waals surface area contributed by atoms with E-state index in [1.807, 2.05) is 11.8 Å². The van der Waals surface area contributed by atoms with E-state index in [1.54, 1.807) is 36.2 Å². The van der Waals surface area contributed by atoms with E-state index in [0.717, 1.165) is 6.54 Å². The van der Waals surface area contributed by atoms with Gasteiger partial charge in [-0.05, 0) is 31.2 Å². The first-order chi connectivity index (χ1) is 8.99. The van der Waals surface area contributed by atoms with E-state index >= 15 is 0 Å². The molecule has 1 fully saturated rings. The van der Waals surface area contributed by atoms with Gasteiger partial charge in [-0.15, -0.1) is 0 Å². The molecule has 1 aliphatic rings. The van der Waals surface area contributed by atoms with E-state index in [-0.39, 0.29) is 17.7 Å². The number of nitrogens with zero attached hydrogens (tertiary/aromatic N) is 2. The molecule has 1 amide bonds. The molecule has 0 bridgehead atoms. The van der Waals surface area contributed by atoms with Crippen molar-refractivity contribution < 1.29 is 9.59 Å². The third-order valence-corrected chi connectivity index (χ3v) is 3.79. The Morgan fingerprint density at radius 3 is 2.47 bits per heavy atom. The van der Waals surface area contributed by atoms with Gasteiger partial charge in [0.05, 0.1) is 12.6 Å². The fourth-order valence-corrected chi connectivity index (χ4v) is 2.25. The summed E-state index contributed by atoms with van der Waals surface area (Å²) in [6.07, 6.45) is 0. The Morgan fingerprint density at radius 1 is 1.26 bits per heavy atom. The van der Waals surface area contributed by atoms with Gasteiger partial charge in [0.1, 0.15) is 0 Å². The first-order valence-electron chi connectivity index (χ1n) is 6.27. The zero-order chi connectivity index (χ0) is 14.0. The number of carbonyl (C=O) groups is 2. The van der Waals surface area contributed by atoms with Crippen LogP contribution < -0.4 is 0 Å². The zero-order valence-electron chi connectivity index (χ0n) is 11.1. The van der Waals surface area contributed by atoms with Gasteiger partial charge < -0.3 is 4.90 Å². The molecule has 4 nitrogen and oxygen atoms in total. The van der Waals surface area contributed by atoms with E-state index in [1.165, 1.54) is 0 Å². The highest BCUT2D eigenvalue weighted by atomic mass is 35.5. The van der Waals surface area contributed by atoms with Crippen LogP contribution in [-0.2, 0) is 4.79 Å². The summed E-state index contributed by atoms with van der Waals surface area (Å²) in [6, 6.07) is 6.56. The molecule has 1 aliphatic heterocycles. The lowest BCUT2D eigenvalue weighted by Crippen LogP contribution is -2.53. The molecule has 0 aliphatic carbocycles. The number of likely N-dealkylation sites (N-methyl/N-ethyl adjacent to an activating group) is 1. The maximum absolute atomic E-state index is 12.3. The van der Waals surface area contributed by atoms with E-state index in [4.69, 9.17) is 11.6 Å². The van der Waals surface area contributed by atoms with Gasteiger partial charge in [-0.1, -0.05) is 11.6 Å². The van der Waals surface area contributed by atoms with E-state index < -0.39 is 0 Å².